The van der Waals surface area contributed by atoms with E-state index in [0.717, 1.165) is 17.1 Å². The van der Waals surface area contributed by atoms with E-state index in [9.17, 15) is 4.79 Å². The Morgan fingerprint density at radius 3 is 2.52 bits per heavy atom. The third-order valence-corrected chi connectivity index (χ3v) is 4.12. The summed E-state index contributed by atoms with van der Waals surface area (Å²) < 4.78 is 5.53. The zero-order valence-electron chi connectivity index (χ0n) is 13.2. The SMILES string of the molecule is Cc1ccc(-c2csc(NC(=O)c3ccc(N(C)C)cc3)n2)o1. The molecule has 0 radical (unpaired) electrons. The Labute approximate surface area is 138 Å². The average Bonchev–Trinajstić information content (AvgIpc) is 3.16. The van der Waals surface area contributed by atoms with E-state index in [1.807, 2.05) is 55.6 Å². The number of hydrogen-bond acceptors (Lipinski definition) is 5. The van der Waals surface area contributed by atoms with Gasteiger partial charge in [-0.15, -0.1) is 11.3 Å². The van der Waals surface area contributed by atoms with Crippen LogP contribution in [-0.2, 0) is 0 Å². The first kappa shape index (κ1) is 15.3. The van der Waals surface area contributed by atoms with Gasteiger partial charge < -0.3 is 9.32 Å². The van der Waals surface area contributed by atoms with Gasteiger partial charge in [0, 0.05) is 30.7 Å². The molecule has 0 aliphatic heterocycles. The third-order valence-electron chi connectivity index (χ3n) is 3.36. The minimum atomic E-state index is -0.174. The van der Waals surface area contributed by atoms with Crippen LogP contribution in [-0.4, -0.2) is 25.0 Å². The van der Waals surface area contributed by atoms with Crippen molar-refractivity contribution in [2.45, 2.75) is 6.92 Å². The van der Waals surface area contributed by atoms with Crippen LogP contribution in [0.15, 0.2) is 46.2 Å². The highest BCUT2D eigenvalue weighted by Gasteiger charge is 2.12. The van der Waals surface area contributed by atoms with E-state index in [2.05, 4.69) is 10.3 Å². The van der Waals surface area contributed by atoms with Crippen molar-refractivity contribution in [3.63, 3.8) is 0 Å². The maximum Gasteiger partial charge on any atom is 0.257 e. The molecule has 3 rings (SSSR count). The van der Waals surface area contributed by atoms with Gasteiger partial charge in [0.25, 0.3) is 5.91 Å². The van der Waals surface area contributed by atoms with Crippen molar-refractivity contribution in [1.82, 2.24) is 4.98 Å². The van der Waals surface area contributed by atoms with Gasteiger partial charge in [-0.1, -0.05) is 0 Å². The van der Waals surface area contributed by atoms with E-state index >= 15 is 0 Å². The van der Waals surface area contributed by atoms with Crippen molar-refractivity contribution in [1.29, 1.82) is 0 Å². The van der Waals surface area contributed by atoms with E-state index < -0.39 is 0 Å². The Hall–Kier alpha value is -2.60. The number of furan rings is 1. The van der Waals surface area contributed by atoms with Crippen molar-refractivity contribution in [3.05, 3.63) is 53.1 Å². The first-order valence-corrected chi connectivity index (χ1v) is 8.02. The summed E-state index contributed by atoms with van der Waals surface area (Å²) in [7, 11) is 3.92. The van der Waals surface area contributed by atoms with E-state index in [4.69, 9.17) is 4.42 Å². The molecule has 3 aromatic rings. The molecule has 0 spiro atoms. The number of carbonyl (C=O) groups excluding carboxylic acids is 1. The molecule has 118 valence electrons. The zero-order chi connectivity index (χ0) is 16.4. The molecule has 1 amide bonds. The fraction of sp³-hybridized carbons (Fsp3) is 0.176. The van der Waals surface area contributed by atoms with Crippen LogP contribution >= 0.6 is 11.3 Å². The Bertz CT molecular complexity index is 818. The quantitative estimate of drug-likeness (QED) is 0.786. The summed E-state index contributed by atoms with van der Waals surface area (Å²) in [5, 5.41) is 5.23. The number of nitrogens with one attached hydrogen (secondary N) is 1. The standard InChI is InChI=1S/C17H17N3O2S/c1-11-4-9-15(22-11)14-10-23-17(18-14)19-16(21)12-5-7-13(8-6-12)20(2)3/h4-10H,1-3H3,(H,18,19,21). The fourth-order valence-electron chi connectivity index (χ4n) is 2.10. The predicted molar refractivity (Wildman–Crippen MR) is 93.3 cm³/mol. The van der Waals surface area contributed by atoms with E-state index in [-0.39, 0.29) is 5.91 Å². The van der Waals surface area contributed by atoms with Gasteiger partial charge in [0.15, 0.2) is 10.9 Å². The normalized spacial score (nSPS) is 10.6. The van der Waals surface area contributed by atoms with Gasteiger partial charge in [-0.05, 0) is 43.3 Å². The Balaban J connectivity index is 1.72. The highest BCUT2D eigenvalue weighted by atomic mass is 32.1. The highest BCUT2D eigenvalue weighted by Crippen LogP contribution is 2.26. The molecule has 6 heteroatoms. The lowest BCUT2D eigenvalue weighted by Gasteiger charge is -2.12. The van der Waals surface area contributed by atoms with E-state index in [1.165, 1.54) is 11.3 Å². The summed E-state index contributed by atoms with van der Waals surface area (Å²) in [5.74, 6) is 1.36. The second-order valence-electron chi connectivity index (χ2n) is 5.34. The maximum absolute atomic E-state index is 12.3. The van der Waals surface area contributed by atoms with Gasteiger partial charge in [-0.3, -0.25) is 10.1 Å². The number of benzene rings is 1. The lowest BCUT2D eigenvalue weighted by molar-refractivity contribution is 0.102. The van der Waals surface area contributed by atoms with Crippen LogP contribution in [0, 0.1) is 6.92 Å². The minimum Gasteiger partial charge on any atom is -0.460 e. The molecule has 0 fully saturated rings. The highest BCUT2D eigenvalue weighted by molar-refractivity contribution is 7.14. The molecule has 0 aliphatic carbocycles. The molecule has 0 atom stereocenters. The van der Waals surface area contributed by atoms with E-state index in [0.29, 0.717) is 16.5 Å². The Kier molecular flexibility index (Phi) is 4.16. The number of amides is 1. The predicted octanol–water partition coefficient (Wildman–Crippen LogP) is 4.03. The minimum absolute atomic E-state index is 0.174. The van der Waals surface area contributed by atoms with Gasteiger partial charge in [-0.25, -0.2) is 4.98 Å². The summed E-state index contributed by atoms with van der Waals surface area (Å²) in [6.45, 7) is 1.88. The van der Waals surface area contributed by atoms with Crippen LogP contribution in [0.2, 0.25) is 0 Å². The number of rotatable bonds is 4. The van der Waals surface area contributed by atoms with Crippen LogP contribution in [0.1, 0.15) is 16.1 Å². The van der Waals surface area contributed by atoms with Crippen molar-refractivity contribution >= 4 is 28.1 Å². The van der Waals surface area contributed by atoms with Crippen LogP contribution in [0.5, 0.6) is 0 Å². The van der Waals surface area contributed by atoms with Crippen molar-refractivity contribution in [2.24, 2.45) is 0 Å². The molecule has 23 heavy (non-hydrogen) atoms. The lowest BCUT2D eigenvalue weighted by Crippen LogP contribution is -2.13. The lowest BCUT2D eigenvalue weighted by atomic mass is 10.2. The molecule has 0 saturated heterocycles. The monoisotopic (exact) mass is 327 g/mol. The second-order valence-corrected chi connectivity index (χ2v) is 6.20. The van der Waals surface area contributed by atoms with Gasteiger partial charge in [0.1, 0.15) is 11.5 Å². The molecule has 0 bridgehead atoms. The molecule has 5 nitrogen and oxygen atoms in total. The summed E-state index contributed by atoms with van der Waals surface area (Å²) in [5.41, 5.74) is 2.37. The number of nitrogens with zero attached hydrogens (tertiary/aromatic N) is 2. The number of carbonyl (C=O) groups is 1. The molecule has 2 aromatic heterocycles. The fourth-order valence-corrected chi connectivity index (χ4v) is 2.79. The van der Waals surface area contributed by atoms with Gasteiger partial charge >= 0.3 is 0 Å². The number of anilines is 2. The molecular weight excluding hydrogens is 310 g/mol. The number of thiazole rings is 1. The van der Waals surface area contributed by atoms with E-state index in [1.54, 1.807) is 12.1 Å². The molecule has 2 heterocycles. The van der Waals surface area contributed by atoms with Crippen molar-refractivity contribution in [3.8, 4) is 11.5 Å². The third kappa shape index (κ3) is 3.43. The number of aryl methyl sites for hydroxylation is 1. The first-order valence-electron chi connectivity index (χ1n) is 7.14. The second kappa shape index (κ2) is 6.26. The molecule has 0 saturated carbocycles. The molecule has 1 aromatic carbocycles. The Morgan fingerprint density at radius 2 is 1.91 bits per heavy atom. The summed E-state index contributed by atoms with van der Waals surface area (Å²) in [6.07, 6.45) is 0. The maximum atomic E-state index is 12.3. The van der Waals surface area contributed by atoms with Crippen LogP contribution in [0.4, 0.5) is 10.8 Å². The molecule has 0 aliphatic rings. The van der Waals surface area contributed by atoms with Crippen molar-refractivity contribution < 1.29 is 9.21 Å². The first-order chi connectivity index (χ1) is 11.0. The van der Waals surface area contributed by atoms with Gasteiger partial charge in [0.05, 0.1) is 0 Å². The zero-order valence-corrected chi connectivity index (χ0v) is 14.0. The molecular formula is C17H17N3O2S. The average molecular weight is 327 g/mol. The smallest absolute Gasteiger partial charge is 0.257 e. The van der Waals surface area contributed by atoms with Crippen LogP contribution in [0.3, 0.4) is 0 Å². The Morgan fingerprint density at radius 1 is 1.17 bits per heavy atom. The van der Waals surface area contributed by atoms with Gasteiger partial charge in [-0.2, -0.15) is 0 Å². The number of hydrogen-bond donors (Lipinski definition) is 1. The molecule has 1 N–H and O–H groups in total. The largest absolute Gasteiger partial charge is 0.460 e. The summed E-state index contributed by atoms with van der Waals surface area (Å²) >= 11 is 1.37. The summed E-state index contributed by atoms with van der Waals surface area (Å²) in [4.78, 5) is 18.6. The molecule has 0 unspecified atom stereocenters. The number of aromatic nitrogens is 1. The van der Waals surface area contributed by atoms with Crippen molar-refractivity contribution in [2.75, 3.05) is 24.3 Å². The van der Waals surface area contributed by atoms with Gasteiger partial charge in [0.2, 0.25) is 0 Å². The van der Waals surface area contributed by atoms with Crippen LogP contribution < -0.4 is 10.2 Å². The van der Waals surface area contributed by atoms with Crippen LogP contribution in [0.25, 0.3) is 11.5 Å². The summed E-state index contributed by atoms with van der Waals surface area (Å²) in [6, 6.07) is 11.2. The topological polar surface area (TPSA) is 58.4 Å².